The number of hydrogen-bond acceptors (Lipinski definition) is 4. The highest BCUT2D eigenvalue weighted by atomic mass is 32.1. The van der Waals surface area contributed by atoms with Gasteiger partial charge in [0.05, 0.1) is 5.92 Å². The van der Waals surface area contributed by atoms with Crippen molar-refractivity contribution in [2.24, 2.45) is 0 Å². The molecule has 0 aliphatic carbocycles. The van der Waals surface area contributed by atoms with Crippen molar-refractivity contribution in [3.63, 3.8) is 0 Å². The number of nitrogens with one attached hydrogen (secondary N) is 2. The van der Waals surface area contributed by atoms with E-state index in [-0.39, 0.29) is 11.8 Å². The maximum absolute atomic E-state index is 13.1. The summed E-state index contributed by atoms with van der Waals surface area (Å²) in [7, 11) is 0. The zero-order valence-corrected chi connectivity index (χ0v) is 16.8. The smallest absolute Gasteiger partial charge is 0.257 e. The van der Waals surface area contributed by atoms with Crippen LogP contribution in [0.4, 0.5) is 10.8 Å². The van der Waals surface area contributed by atoms with Gasteiger partial charge in [-0.25, -0.2) is 4.98 Å². The van der Waals surface area contributed by atoms with Crippen LogP contribution in [-0.4, -0.2) is 16.8 Å². The minimum absolute atomic E-state index is 0.132. The minimum Gasteiger partial charge on any atom is -0.325 e. The summed E-state index contributed by atoms with van der Waals surface area (Å²) in [6, 6.07) is 26.2. The van der Waals surface area contributed by atoms with Gasteiger partial charge in [0.2, 0.25) is 5.91 Å². The Morgan fingerprint density at radius 2 is 1.37 bits per heavy atom. The fourth-order valence-electron chi connectivity index (χ4n) is 3.16. The van der Waals surface area contributed by atoms with Crippen molar-refractivity contribution in [3.8, 4) is 0 Å². The predicted octanol–water partition coefficient (Wildman–Crippen LogP) is 5.17. The van der Waals surface area contributed by atoms with E-state index >= 15 is 0 Å². The topological polar surface area (TPSA) is 71.1 Å². The molecule has 0 radical (unpaired) electrons. The van der Waals surface area contributed by atoms with Gasteiger partial charge < -0.3 is 5.32 Å². The normalized spacial score (nSPS) is 10.6. The molecular formula is C24H19N3O2S. The first kappa shape index (κ1) is 19.5. The number of nitrogens with zero attached hydrogens (tertiary/aromatic N) is 1. The molecule has 4 rings (SSSR count). The van der Waals surface area contributed by atoms with E-state index in [9.17, 15) is 9.59 Å². The van der Waals surface area contributed by atoms with Gasteiger partial charge in [-0.05, 0) is 35.4 Å². The molecule has 1 aromatic heterocycles. The van der Waals surface area contributed by atoms with Gasteiger partial charge in [0, 0.05) is 22.8 Å². The average Bonchev–Trinajstić information content (AvgIpc) is 3.29. The second-order valence-corrected chi connectivity index (χ2v) is 7.51. The molecule has 1 heterocycles. The molecule has 148 valence electrons. The third-order valence-corrected chi connectivity index (χ3v) is 5.28. The van der Waals surface area contributed by atoms with Crippen LogP contribution in [0.3, 0.4) is 0 Å². The highest BCUT2D eigenvalue weighted by Crippen LogP contribution is 2.26. The molecule has 0 aliphatic heterocycles. The van der Waals surface area contributed by atoms with Gasteiger partial charge in [-0.15, -0.1) is 11.3 Å². The van der Waals surface area contributed by atoms with E-state index in [1.807, 2.05) is 60.7 Å². The van der Waals surface area contributed by atoms with Crippen LogP contribution < -0.4 is 10.6 Å². The van der Waals surface area contributed by atoms with E-state index in [0.717, 1.165) is 11.1 Å². The molecule has 0 saturated carbocycles. The number of carbonyl (C=O) groups excluding carboxylic acids is 2. The Kier molecular flexibility index (Phi) is 5.96. The third-order valence-electron chi connectivity index (χ3n) is 4.60. The standard InChI is InChI=1S/C24H19N3O2S/c28-22(27-24-25-15-16-30-24)19-11-13-20(14-12-19)26-23(29)21(17-7-3-1-4-8-17)18-9-5-2-6-10-18/h1-16,21H,(H,26,29)(H,25,27,28). The number of aromatic nitrogens is 1. The molecule has 0 aliphatic rings. The first-order chi connectivity index (χ1) is 14.7. The van der Waals surface area contributed by atoms with E-state index in [2.05, 4.69) is 15.6 Å². The Bertz CT molecular complexity index is 1070. The van der Waals surface area contributed by atoms with Crippen LogP contribution in [0.2, 0.25) is 0 Å². The summed E-state index contributed by atoms with van der Waals surface area (Å²) in [6.45, 7) is 0. The fraction of sp³-hybridized carbons (Fsp3) is 0.0417. The summed E-state index contributed by atoms with van der Waals surface area (Å²) in [5, 5.41) is 8.05. The molecule has 30 heavy (non-hydrogen) atoms. The third kappa shape index (κ3) is 4.61. The van der Waals surface area contributed by atoms with Crippen LogP contribution >= 0.6 is 11.3 Å². The molecule has 4 aromatic rings. The summed E-state index contributed by atoms with van der Waals surface area (Å²) >= 11 is 1.36. The highest BCUT2D eigenvalue weighted by Gasteiger charge is 2.22. The zero-order chi connectivity index (χ0) is 20.8. The summed E-state index contributed by atoms with van der Waals surface area (Å²) < 4.78 is 0. The summed E-state index contributed by atoms with van der Waals surface area (Å²) in [6.07, 6.45) is 1.63. The second-order valence-electron chi connectivity index (χ2n) is 6.61. The SMILES string of the molecule is O=C(Nc1nccs1)c1ccc(NC(=O)C(c2ccccc2)c2ccccc2)cc1. The predicted molar refractivity (Wildman–Crippen MR) is 120 cm³/mol. The largest absolute Gasteiger partial charge is 0.325 e. The Morgan fingerprint density at radius 1 is 0.767 bits per heavy atom. The van der Waals surface area contributed by atoms with E-state index in [0.29, 0.717) is 16.4 Å². The number of thiazole rings is 1. The van der Waals surface area contributed by atoms with Crippen LogP contribution in [0.15, 0.2) is 96.5 Å². The Hall–Kier alpha value is -3.77. The molecule has 0 fully saturated rings. The van der Waals surface area contributed by atoms with Crippen LogP contribution in [0.5, 0.6) is 0 Å². The lowest BCUT2D eigenvalue weighted by Gasteiger charge is -2.18. The van der Waals surface area contributed by atoms with Crippen molar-refractivity contribution in [1.82, 2.24) is 4.98 Å². The molecule has 0 spiro atoms. The number of benzene rings is 3. The maximum Gasteiger partial charge on any atom is 0.257 e. The molecule has 2 amide bonds. The maximum atomic E-state index is 13.1. The van der Waals surface area contributed by atoms with Crippen molar-refractivity contribution in [2.45, 2.75) is 5.92 Å². The zero-order valence-electron chi connectivity index (χ0n) is 16.0. The van der Waals surface area contributed by atoms with E-state index < -0.39 is 5.92 Å². The van der Waals surface area contributed by atoms with E-state index in [1.54, 1.807) is 35.8 Å². The van der Waals surface area contributed by atoms with Gasteiger partial charge in [-0.3, -0.25) is 14.9 Å². The first-order valence-electron chi connectivity index (χ1n) is 9.42. The molecule has 0 bridgehead atoms. The van der Waals surface area contributed by atoms with Crippen molar-refractivity contribution >= 4 is 34.0 Å². The van der Waals surface area contributed by atoms with Gasteiger partial charge in [-0.2, -0.15) is 0 Å². The van der Waals surface area contributed by atoms with Crippen molar-refractivity contribution in [2.75, 3.05) is 10.6 Å². The summed E-state index contributed by atoms with van der Waals surface area (Å²) in [5.74, 6) is -0.804. The first-order valence-corrected chi connectivity index (χ1v) is 10.3. The average molecular weight is 414 g/mol. The lowest BCUT2D eigenvalue weighted by atomic mass is 9.90. The molecular weight excluding hydrogens is 394 g/mol. The Labute approximate surface area is 178 Å². The summed E-state index contributed by atoms with van der Waals surface area (Å²) in [5.41, 5.74) is 2.95. The van der Waals surface area contributed by atoms with Crippen LogP contribution in [0, 0.1) is 0 Å². The highest BCUT2D eigenvalue weighted by molar-refractivity contribution is 7.13. The second kappa shape index (κ2) is 9.15. The Balaban J connectivity index is 1.50. The number of carbonyl (C=O) groups is 2. The fourth-order valence-corrected chi connectivity index (χ4v) is 3.68. The molecule has 0 saturated heterocycles. The number of hydrogen-bond donors (Lipinski definition) is 2. The molecule has 3 aromatic carbocycles. The van der Waals surface area contributed by atoms with Crippen molar-refractivity contribution < 1.29 is 9.59 Å². The van der Waals surface area contributed by atoms with Crippen LogP contribution in [0.25, 0.3) is 0 Å². The van der Waals surface area contributed by atoms with Gasteiger partial charge in [0.15, 0.2) is 5.13 Å². The molecule has 5 nitrogen and oxygen atoms in total. The van der Waals surface area contributed by atoms with Crippen molar-refractivity contribution in [3.05, 3.63) is 113 Å². The van der Waals surface area contributed by atoms with Crippen molar-refractivity contribution in [1.29, 1.82) is 0 Å². The molecule has 0 unspecified atom stereocenters. The van der Waals surface area contributed by atoms with Crippen LogP contribution in [0.1, 0.15) is 27.4 Å². The monoisotopic (exact) mass is 413 g/mol. The number of anilines is 2. The number of rotatable bonds is 6. The van der Waals surface area contributed by atoms with Gasteiger partial charge in [0.1, 0.15) is 0 Å². The lowest BCUT2D eigenvalue weighted by Crippen LogP contribution is -2.22. The number of amides is 2. The van der Waals surface area contributed by atoms with Gasteiger partial charge in [0.25, 0.3) is 5.91 Å². The summed E-state index contributed by atoms with van der Waals surface area (Å²) in [4.78, 5) is 29.5. The van der Waals surface area contributed by atoms with Gasteiger partial charge in [-0.1, -0.05) is 60.7 Å². The Morgan fingerprint density at radius 3 is 1.90 bits per heavy atom. The quantitative estimate of drug-likeness (QED) is 0.458. The van der Waals surface area contributed by atoms with E-state index in [4.69, 9.17) is 0 Å². The van der Waals surface area contributed by atoms with Crippen LogP contribution in [-0.2, 0) is 4.79 Å². The minimum atomic E-state index is -0.430. The molecule has 0 atom stereocenters. The molecule has 2 N–H and O–H groups in total. The lowest BCUT2D eigenvalue weighted by molar-refractivity contribution is -0.116. The van der Waals surface area contributed by atoms with E-state index in [1.165, 1.54) is 11.3 Å². The van der Waals surface area contributed by atoms with Gasteiger partial charge >= 0.3 is 0 Å². The molecule has 6 heteroatoms.